The molecule has 0 spiro atoms. The molecule has 0 saturated carbocycles. The third-order valence-electron chi connectivity index (χ3n) is 5.94. The van der Waals surface area contributed by atoms with Gasteiger partial charge in [0.05, 0.1) is 23.7 Å². The van der Waals surface area contributed by atoms with E-state index in [4.69, 9.17) is 4.42 Å². The van der Waals surface area contributed by atoms with E-state index in [1.54, 1.807) is 12.5 Å². The van der Waals surface area contributed by atoms with Crippen LogP contribution in [0, 0.1) is 0 Å². The first-order chi connectivity index (χ1) is 16.2. The largest absolute Gasteiger partial charge is 0.472 e. The number of rotatable bonds is 5. The molecule has 2 N–H and O–H groups in total. The summed E-state index contributed by atoms with van der Waals surface area (Å²) in [6, 6.07) is 19.0. The van der Waals surface area contributed by atoms with Gasteiger partial charge < -0.3 is 14.3 Å². The molecule has 2 aromatic carbocycles. The Balaban J connectivity index is 1.45. The first-order valence-corrected chi connectivity index (χ1v) is 10.9. The molecule has 33 heavy (non-hydrogen) atoms. The molecular formula is C27H23N5O. The van der Waals surface area contributed by atoms with E-state index in [1.165, 1.54) is 5.56 Å². The van der Waals surface area contributed by atoms with E-state index in [-0.39, 0.29) is 0 Å². The minimum atomic E-state index is 0.855. The highest BCUT2D eigenvalue weighted by Gasteiger charge is 2.15. The molecule has 0 aliphatic heterocycles. The Kier molecular flexibility index (Phi) is 4.59. The van der Waals surface area contributed by atoms with Crippen LogP contribution in [-0.2, 0) is 6.54 Å². The number of aromatic amines is 2. The maximum atomic E-state index is 5.30. The Labute approximate surface area is 190 Å². The summed E-state index contributed by atoms with van der Waals surface area (Å²) in [5.41, 5.74) is 9.54. The zero-order valence-electron chi connectivity index (χ0n) is 18.5. The molecule has 0 fully saturated rings. The van der Waals surface area contributed by atoms with Crippen molar-refractivity contribution in [2.24, 2.45) is 0 Å². The average molecular weight is 434 g/mol. The smallest absolute Gasteiger partial charge is 0.116 e. The number of benzene rings is 2. The van der Waals surface area contributed by atoms with Crippen LogP contribution in [0.15, 0.2) is 83.9 Å². The van der Waals surface area contributed by atoms with Gasteiger partial charge in [-0.15, -0.1) is 0 Å². The maximum absolute atomic E-state index is 5.30. The topological polar surface area (TPSA) is 73.7 Å². The molecule has 0 radical (unpaired) electrons. The monoisotopic (exact) mass is 433 g/mol. The second-order valence-electron chi connectivity index (χ2n) is 8.61. The Morgan fingerprint density at radius 1 is 0.879 bits per heavy atom. The lowest BCUT2D eigenvalue weighted by Gasteiger charge is -2.10. The Morgan fingerprint density at radius 2 is 1.82 bits per heavy atom. The lowest BCUT2D eigenvalue weighted by atomic mass is 10.0. The second-order valence-corrected chi connectivity index (χ2v) is 8.61. The van der Waals surface area contributed by atoms with E-state index in [0.29, 0.717) is 0 Å². The average Bonchev–Trinajstić information content (AvgIpc) is 3.57. The fourth-order valence-electron chi connectivity index (χ4n) is 4.45. The van der Waals surface area contributed by atoms with E-state index in [0.717, 1.165) is 62.0 Å². The van der Waals surface area contributed by atoms with E-state index >= 15 is 0 Å². The van der Waals surface area contributed by atoms with Crippen molar-refractivity contribution in [1.82, 2.24) is 25.1 Å². The zero-order chi connectivity index (χ0) is 22.4. The van der Waals surface area contributed by atoms with Crippen molar-refractivity contribution in [2.45, 2.75) is 6.54 Å². The number of fused-ring (bicyclic) bond motifs is 2. The summed E-state index contributed by atoms with van der Waals surface area (Å²) >= 11 is 0. The van der Waals surface area contributed by atoms with Crippen molar-refractivity contribution < 1.29 is 4.42 Å². The quantitative estimate of drug-likeness (QED) is 0.345. The van der Waals surface area contributed by atoms with Crippen LogP contribution in [0.25, 0.3) is 55.4 Å². The fraction of sp³-hybridized carbons (Fsp3) is 0.111. The van der Waals surface area contributed by atoms with E-state index in [2.05, 4.69) is 87.7 Å². The lowest BCUT2D eigenvalue weighted by molar-refractivity contribution is 0.402. The number of pyridine rings is 1. The van der Waals surface area contributed by atoms with Gasteiger partial charge >= 0.3 is 0 Å². The van der Waals surface area contributed by atoms with Gasteiger partial charge in [-0.2, -0.15) is 5.10 Å². The summed E-state index contributed by atoms with van der Waals surface area (Å²) in [5, 5.41) is 10.0. The summed E-state index contributed by atoms with van der Waals surface area (Å²) in [6.07, 6.45) is 7.32. The molecule has 162 valence electrons. The minimum absolute atomic E-state index is 0.855. The maximum Gasteiger partial charge on any atom is 0.116 e. The molecule has 0 aliphatic carbocycles. The van der Waals surface area contributed by atoms with Crippen LogP contribution < -0.4 is 0 Å². The van der Waals surface area contributed by atoms with E-state index < -0.39 is 0 Å². The SMILES string of the molecule is CN(C)Cc1cncc(-c2ccc3[nH]nc(-c4cc5c(-c6ccoc6)cccc5[nH]4)c3c2)c1. The first-order valence-electron chi connectivity index (χ1n) is 10.9. The zero-order valence-corrected chi connectivity index (χ0v) is 18.5. The van der Waals surface area contributed by atoms with Crippen molar-refractivity contribution >= 4 is 21.8 Å². The van der Waals surface area contributed by atoms with E-state index in [1.807, 2.05) is 18.5 Å². The van der Waals surface area contributed by atoms with Crippen molar-refractivity contribution in [3.63, 3.8) is 0 Å². The van der Waals surface area contributed by atoms with Crippen molar-refractivity contribution in [2.75, 3.05) is 14.1 Å². The molecule has 0 aliphatic rings. The number of nitrogens with one attached hydrogen (secondary N) is 2. The van der Waals surface area contributed by atoms with Crippen LogP contribution in [-0.4, -0.2) is 39.2 Å². The van der Waals surface area contributed by atoms with Crippen LogP contribution in [0.3, 0.4) is 0 Å². The molecule has 0 amide bonds. The van der Waals surface area contributed by atoms with Crippen molar-refractivity contribution in [1.29, 1.82) is 0 Å². The molecule has 4 aromatic heterocycles. The Hall–Kier alpha value is -4.16. The number of hydrogen-bond donors (Lipinski definition) is 2. The first kappa shape index (κ1) is 19.5. The summed E-state index contributed by atoms with van der Waals surface area (Å²) in [5.74, 6) is 0. The van der Waals surface area contributed by atoms with Crippen LogP contribution in [0.5, 0.6) is 0 Å². The predicted octanol–water partition coefficient (Wildman–Crippen LogP) is 6.09. The summed E-state index contributed by atoms with van der Waals surface area (Å²) < 4.78 is 5.30. The summed E-state index contributed by atoms with van der Waals surface area (Å²) in [6.45, 7) is 0.855. The van der Waals surface area contributed by atoms with Gasteiger partial charge in [0, 0.05) is 46.4 Å². The molecule has 4 heterocycles. The highest BCUT2D eigenvalue weighted by atomic mass is 16.3. The van der Waals surface area contributed by atoms with Crippen LogP contribution >= 0.6 is 0 Å². The number of aromatic nitrogens is 4. The van der Waals surface area contributed by atoms with Crippen LogP contribution in [0.1, 0.15) is 5.56 Å². The third kappa shape index (κ3) is 3.50. The van der Waals surface area contributed by atoms with Gasteiger partial charge in [-0.25, -0.2) is 0 Å². The lowest BCUT2D eigenvalue weighted by Crippen LogP contribution is -2.10. The number of hydrogen-bond acceptors (Lipinski definition) is 4. The third-order valence-corrected chi connectivity index (χ3v) is 5.94. The molecule has 0 atom stereocenters. The summed E-state index contributed by atoms with van der Waals surface area (Å²) in [4.78, 5) is 10.2. The second kappa shape index (κ2) is 7.76. The molecule has 6 nitrogen and oxygen atoms in total. The van der Waals surface area contributed by atoms with Gasteiger partial charge in [0.1, 0.15) is 5.69 Å². The molecule has 0 unspecified atom stereocenters. The molecule has 0 saturated heterocycles. The Morgan fingerprint density at radius 3 is 2.67 bits per heavy atom. The molecular weight excluding hydrogens is 410 g/mol. The highest BCUT2D eigenvalue weighted by molar-refractivity contribution is 6.01. The number of H-pyrrole nitrogens is 2. The number of nitrogens with zero attached hydrogens (tertiary/aromatic N) is 3. The van der Waals surface area contributed by atoms with Crippen LogP contribution in [0.4, 0.5) is 0 Å². The minimum Gasteiger partial charge on any atom is -0.472 e. The summed E-state index contributed by atoms with van der Waals surface area (Å²) in [7, 11) is 4.13. The van der Waals surface area contributed by atoms with Crippen molar-refractivity contribution in [3.05, 3.63) is 85.1 Å². The van der Waals surface area contributed by atoms with Crippen molar-refractivity contribution in [3.8, 4) is 33.6 Å². The van der Waals surface area contributed by atoms with Gasteiger partial charge in [-0.1, -0.05) is 18.2 Å². The standard InChI is InChI=1S/C27H23N5O/c1-32(2)15-17-10-20(14-28-13-17)18-6-7-25-23(11-18)27(31-30-25)26-12-22-21(19-8-9-33-16-19)4-3-5-24(22)29-26/h3-14,16,29H,15H2,1-2H3,(H,30,31). The number of furan rings is 1. The van der Waals surface area contributed by atoms with Crippen LogP contribution in [0.2, 0.25) is 0 Å². The molecule has 6 rings (SSSR count). The fourth-order valence-corrected chi connectivity index (χ4v) is 4.45. The predicted molar refractivity (Wildman–Crippen MR) is 132 cm³/mol. The molecule has 6 aromatic rings. The van der Waals surface area contributed by atoms with Gasteiger partial charge in [0.2, 0.25) is 0 Å². The van der Waals surface area contributed by atoms with Gasteiger partial charge in [-0.05, 0) is 67.2 Å². The van der Waals surface area contributed by atoms with Gasteiger partial charge in [0.15, 0.2) is 0 Å². The molecule has 0 bridgehead atoms. The van der Waals surface area contributed by atoms with Gasteiger partial charge in [0.25, 0.3) is 0 Å². The van der Waals surface area contributed by atoms with Gasteiger partial charge in [-0.3, -0.25) is 10.1 Å². The Bertz CT molecular complexity index is 1570. The van der Waals surface area contributed by atoms with E-state index in [9.17, 15) is 0 Å². The molecule has 6 heteroatoms. The highest BCUT2D eigenvalue weighted by Crippen LogP contribution is 2.35. The normalized spacial score (nSPS) is 11.7.